The smallest absolute Gasteiger partial charge is 0.301 e. The van der Waals surface area contributed by atoms with E-state index in [2.05, 4.69) is 24.0 Å². The summed E-state index contributed by atoms with van der Waals surface area (Å²) in [5, 5.41) is 19.0. The fourth-order valence-corrected chi connectivity index (χ4v) is 3.74. The van der Waals surface area contributed by atoms with Crippen LogP contribution in [0.2, 0.25) is 0 Å². The van der Waals surface area contributed by atoms with Crippen LogP contribution in [-0.2, 0) is 9.59 Å². The molecule has 1 aromatic heterocycles. The Morgan fingerprint density at radius 1 is 1.00 bits per heavy atom. The summed E-state index contributed by atoms with van der Waals surface area (Å²) in [6.45, 7) is 6.13. The summed E-state index contributed by atoms with van der Waals surface area (Å²) in [5.74, 6) is -1.10. The molecule has 3 aromatic rings. The Labute approximate surface area is 180 Å². The predicted molar refractivity (Wildman–Crippen MR) is 119 cm³/mol. The van der Waals surface area contributed by atoms with E-state index in [9.17, 15) is 14.7 Å². The lowest BCUT2D eigenvalue weighted by Gasteiger charge is -2.24. The van der Waals surface area contributed by atoms with Gasteiger partial charge in [-0.25, -0.2) is 0 Å². The fraction of sp³-hybridized carbons (Fsp3) is 0.200. The number of aliphatic hydroxyl groups is 1. The van der Waals surface area contributed by atoms with Gasteiger partial charge in [0.05, 0.1) is 11.6 Å². The third-order valence-electron chi connectivity index (χ3n) is 5.49. The van der Waals surface area contributed by atoms with Gasteiger partial charge >= 0.3 is 5.91 Å². The number of hydrogen-bond acceptors (Lipinski definition) is 5. The van der Waals surface area contributed by atoms with E-state index >= 15 is 0 Å². The number of benzene rings is 2. The Hall–Kier alpha value is -3.80. The number of ketones is 1. The average molecular weight is 413 g/mol. The molecule has 156 valence electrons. The fourth-order valence-electron chi connectivity index (χ4n) is 3.74. The summed E-state index contributed by atoms with van der Waals surface area (Å²) in [6, 6.07) is 17.4. The van der Waals surface area contributed by atoms with Crippen molar-refractivity contribution in [2.45, 2.75) is 32.7 Å². The van der Waals surface area contributed by atoms with Gasteiger partial charge in [0.2, 0.25) is 0 Å². The highest BCUT2D eigenvalue weighted by atomic mass is 16.3. The summed E-state index contributed by atoms with van der Waals surface area (Å²) in [4.78, 5) is 27.4. The van der Waals surface area contributed by atoms with Gasteiger partial charge in [-0.2, -0.15) is 5.10 Å². The molecule has 1 fully saturated rings. The van der Waals surface area contributed by atoms with Crippen molar-refractivity contribution in [3.05, 3.63) is 94.7 Å². The van der Waals surface area contributed by atoms with Crippen molar-refractivity contribution in [3.8, 4) is 0 Å². The van der Waals surface area contributed by atoms with E-state index in [-0.39, 0.29) is 17.2 Å². The molecule has 1 amide bonds. The van der Waals surface area contributed by atoms with Gasteiger partial charge in [0, 0.05) is 11.8 Å². The maximum absolute atomic E-state index is 13.1. The Morgan fingerprint density at radius 3 is 2.26 bits per heavy atom. The molecule has 2 heterocycles. The summed E-state index contributed by atoms with van der Waals surface area (Å²) in [5.41, 5.74) is 3.39. The van der Waals surface area contributed by atoms with Gasteiger partial charge in [0.15, 0.2) is 5.82 Å². The molecule has 0 saturated carbocycles. The number of aryl methyl sites for hydroxylation is 1. The lowest BCUT2D eigenvalue weighted by atomic mass is 9.93. The van der Waals surface area contributed by atoms with Gasteiger partial charge in [0.1, 0.15) is 5.76 Å². The quantitative estimate of drug-likeness (QED) is 0.386. The van der Waals surface area contributed by atoms with Gasteiger partial charge in [-0.15, -0.1) is 5.10 Å². The zero-order valence-electron chi connectivity index (χ0n) is 17.6. The second kappa shape index (κ2) is 8.14. The number of hydrogen-bond donors (Lipinski definition) is 1. The number of Topliss-reactive ketones (excluding diaryl/α,β-unsaturated/α-hetero) is 1. The lowest BCUT2D eigenvalue weighted by Crippen LogP contribution is -2.30. The molecule has 1 N–H and O–H groups in total. The first kappa shape index (κ1) is 20.5. The molecule has 1 unspecified atom stereocenters. The first-order chi connectivity index (χ1) is 14.9. The molecule has 0 spiro atoms. The molecule has 2 aromatic carbocycles. The Morgan fingerprint density at radius 2 is 1.68 bits per heavy atom. The number of aliphatic hydroxyl groups excluding tert-OH is 1. The van der Waals surface area contributed by atoms with Crippen LogP contribution in [0.3, 0.4) is 0 Å². The highest BCUT2D eigenvalue weighted by Gasteiger charge is 2.47. The average Bonchev–Trinajstić information content (AvgIpc) is 3.05. The molecule has 1 aliphatic heterocycles. The zero-order valence-corrected chi connectivity index (χ0v) is 17.6. The van der Waals surface area contributed by atoms with E-state index in [4.69, 9.17) is 0 Å². The van der Waals surface area contributed by atoms with Crippen molar-refractivity contribution >= 4 is 23.3 Å². The van der Waals surface area contributed by atoms with Crippen LogP contribution in [0.15, 0.2) is 72.4 Å². The van der Waals surface area contributed by atoms with Crippen LogP contribution in [-0.4, -0.2) is 27.0 Å². The predicted octanol–water partition coefficient (Wildman–Crippen LogP) is 4.53. The van der Waals surface area contributed by atoms with Crippen molar-refractivity contribution in [3.63, 3.8) is 0 Å². The summed E-state index contributed by atoms with van der Waals surface area (Å²) >= 11 is 0. The molecule has 4 rings (SSSR count). The van der Waals surface area contributed by atoms with E-state index in [1.54, 1.807) is 24.3 Å². The van der Waals surface area contributed by atoms with Gasteiger partial charge in [-0.3, -0.25) is 14.5 Å². The molecule has 1 saturated heterocycles. The van der Waals surface area contributed by atoms with Gasteiger partial charge < -0.3 is 5.11 Å². The van der Waals surface area contributed by atoms with Crippen LogP contribution in [0.4, 0.5) is 5.82 Å². The maximum Gasteiger partial charge on any atom is 0.301 e. The normalized spacial score (nSPS) is 18.1. The van der Waals surface area contributed by atoms with Crippen LogP contribution in [0.1, 0.15) is 48.1 Å². The lowest BCUT2D eigenvalue weighted by molar-refractivity contribution is -0.132. The minimum atomic E-state index is -0.806. The molecule has 0 radical (unpaired) electrons. The Kier molecular flexibility index (Phi) is 5.38. The van der Waals surface area contributed by atoms with Crippen molar-refractivity contribution < 1.29 is 14.7 Å². The van der Waals surface area contributed by atoms with Crippen molar-refractivity contribution in [2.75, 3.05) is 4.90 Å². The molecule has 0 bridgehead atoms. The summed E-state index contributed by atoms with van der Waals surface area (Å²) < 4.78 is 0. The molecule has 1 atom stereocenters. The highest BCUT2D eigenvalue weighted by Crippen LogP contribution is 2.41. The van der Waals surface area contributed by atoms with Crippen molar-refractivity contribution in [1.29, 1.82) is 0 Å². The third kappa shape index (κ3) is 3.72. The molecule has 6 heteroatoms. The molecule has 1 aliphatic rings. The van der Waals surface area contributed by atoms with Crippen LogP contribution in [0.25, 0.3) is 5.76 Å². The maximum atomic E-state index is 13.1. The minimum Gasteiger partial charge on any atom is -0.507 e. The van der Waals surface area contributed by atoms with Gasteiger partial charge in [-0.05, 0) is 36.1 Å². The van der Waals surface area contributed by atoms with E-state index in [1.807, 2.05) is 43.3 Å². The molecule has 0 aliphatic carbocycles. The van der Waals surface area contributed by atoms with Crippen LogP contribution < -0.4 is 4.90 Å². The second-order valence-corrected chi connectivity index (χ2v) is 7.94. The van der Waals surface area contributed by atoms with Crippen LogP contribution >= 0.6 is 0 Å². The van der Waals surface area contributed by atoms with E-state index < -0.39 is 17.7 Å². The molecule has 6 nitrogen and oxygen atoms in total. The van der Waals surface area contributed by atoms with Crippen LogP contribution in [0.5, 0.6) is 0 Å². The second-order valence-electron chi connectivity index (χ2n) is 7.94. The zero-order chi connectivity index (χ0) is 22.1. The third-order valence-corrected chi connectivity index (χ3v) is 5.49. The monoisotopic (exact) mass is 413 g/mol. The number of amides is 1. The Balaban J connectivity index is 1.91. The van der Waals surface area contributed by atoms with E-state index in [1.165, 1.54) is 11.1 Å². The van der Waals surface area contributed by atoms with Gasteiger partial charge in [0.25, 0.3) is 5.78 Å². The van der Waals surface area contributed by atoms with Crippen LogP contribution in [0, 0.1) is 6.92 Å². The van der Waals surface area contributed by atoms with Gasteiger partial charge in [-0.1, -0.05) is 67.9 Å². The number of aromatic nitrogens is 2. The Bertz CT molecular complexity index is 1150. The number of rotatable bonds is 4. The molecular weight excluding hydrogens is 390 g/mol. The molecular formula is C25H23N3O3. The number of carbonyl (C=O) groups is 2. The van der Waals surface area contributed by atoms with Crippen molar-refractivity contribution in [1.82, 2.24) is 10.2 Å². The van der Waals surface area contributed by atoms with E-state index in [0.29, 0.717) is 17.0 Å². The number of nitrogens with zero attached hydrogens (tertiary/aromatic N) is 3. The largest absolute Gasteiger partial charge is 0.507 e. The number of anilines is 1. The standard InChI is InChI=1S/C25H23N3O3/c1-15(2)17-10-12-18(13-11-17)22-21(23(29)19-8-6-16(3)7-9-19)24(30)25(31)28(22)20-5-4-14-26-27-20/h4-15,22,29H,1-3H3/b23-21-. The first-order valence-corrected chi connectivity index (χ1v) is 10.1. The minimum absolute atomic E-state index is 0.0387. The highest BCUT2D eigenvalue weighted by molar-refractivity contribution is 6.51. The van der Waals surface area contributed by atoms with E-state index in [0.717, 1.165) is 11.1 Å². The molecule has 31 heavy (non-hydrogen) atoms. The SMILES string of the molecule is Cc1ccc(/C(O)=C2/C(=O)C(=O)N(c3cccnn3)C2c2ccc(C(C)C)cc2)cc1. The first-order valence-electron chi connectivity index (χ1n) is 10.1. The summed E-state index contributed by atoms with van der Waals surface area (Å²) in [7, 11) is 0. The topological polar surface area (TPSA) is 83.4 Å². The van der Waals surface area contributed by atoms with Crippen molar-refractivity contribution in [2.24, 2.45) is 0 Å². The summed E-state index contributed by atoms with van der Waals surface area (Å²) in [6.07, 6.45) is 1.50. The number of carbonyl (C=O) groups excluding carboxylic acids is 2.